The zero-order valence-electron chi connectivity index (χ0n) is 26.5. The van der Waals surface area contributed by atoms with Crippen LogP contribution in [0.25, 0.3) is 32.3 Å². The van der Waals surface area contributed by atoms with E-state index in [-0.39, 0.29) is 28.7 Å². The van der Waals surface area contributed by atoms with E-state index in [4.69, 9.17) is 0 Å². The third-order valence-corrected chi connectivity index (χ3v) is 7.81. The van der Waals surface area contributed by atoms with Gasteiger partial charge < -0.3 is 16.0 Å². The molecule has 0 saturated heterocycles. The molecule has 0 spiro atoms. The van der Waals surface area contributed by atoms with E-state index in [0.29, 0.717) is 22.5 Å². The van der Waals surface area contributed by atoms with Crippen LogP contribution in [0.2, 0.25) is 0 Å². The SMILES string of the molecule is CC(C)(C)Nc1cccc(NC(=O)c2cc(NC(=O)c3ccc4ccc5cccc6ccc3c4c56)cc(C(=O)C(C)(C)C)c2)c1. The summed E-state index contributed by atoms with van der Waals surface area (Å²) in [7, 11) is 0. The first-order valence-corrected chi connectivity index (χ1v) is 15.1. The van der Waals surface area contributed by atoms with E-state index in [2.05, 4.69) is 61.0 Å². The smallest absolute Gasteiger partial charge is 0.256 e. The van der Waals surface area contributed by atoms with Gasteiger partial charge in [-0.2, -0.15) is 0 Å². The second kappa shape index (κ2) is 11.0. The molecular formula is C39H37N3O3. The van der Waals surface area contributed by atoms with E-state index in [1.807, 2.05) is 75.4 Å². The summed E-state index contributed by atoms with van der Waals surface area (Å²) in [5.74, 6) is -0.836. The average Bonchev–Trinajstić information content (AvgIpc) is 2.98. The van der Waals surface area contributed by atoms with E-state index in [0.717, 1.165) is 38.0 Å². The van der Waals surface area contributed by atoms with Gasteiger partial charge in [-0.15, -0.1) is 0 Å². The van der Waals surface area contributed by atoms with Gasteiger partial charge >= 0.3 is 0 Å². The summed E-state index contributed by atoms with van der Waals surface area (Å²) in [4.78, 5) is 40.8. The third-order valence-electron chi connectivity index (χ3n) is 7.81. The number of carbonyl (C=O) groups is 3. The topological polar surface area (TPSA) is 87.3 Å². The van der Waals surface area contributed by atoms with Crippen molar-refractivity contribution in [3.8, 4) is 0 Å². The minimum absolute atomic E-state index is 0.133. The van der Waals surface area contributed by atoms with Gasteiger partial charge in [0.1, 0.15) is 0 Å². The summed E-state index contributed by atoms with van der Waals surface area (Å²) in [6.45, 7) is 11.7. The first-order valence-electron chi connectivity index (χ1n) is 15.1. The Hall–Kier alpha value is -5.23. The predicted octanol–water partition coefficient (Wildman–Crippen LogP) is 9.53. The lowest BCUT2D eigenvalue weighted by molar-refractivity contribution is 0.0858. The highest BCUT2D eigenvalue weighted by molar-refractivity contribution is 6.27. The molecule has 6 nitrogen and oxygen atoms in total. The number of benzene rings is 6. The Morgan fingerprint density at radius 2 is 1.11 bits per heavy atom. The van der Waals surface area contributed by atoms with Gasteiger partial charge in [-0.3, -0.25) is 14.4 Å². The van der Waals surface area contributed by atoms with Crippen molar-refractivity contribution in [3.05, 3.63) is 114 Å². The minimum Gasteiger partial charge on any atom is -0.380 e. The van der Waals surface area contributed by atoms with Crippen LogP contribution in [0.1, 0.15) is 72.6 Å². The Kier molecular flexibility index (Phi) is 7.32. The normalized spacial score (nSPS) is 12.0. The molecule has 0 bridgehead atoms. The van der Waals surface area contributed by atoms with Crippen LogP contribution in [0.4, 0.5) is 17.1 Å². The molecule has 2 amide bonds. The van der Waals surface area contributed by atoms with Gasteiger partial charge in [0.15, 0.2) is 5.78 Å². The summed E-state index contributed by atoms with van der Waals surface area (Å²) < 4.78 is 0. The first-order chi connectivity index (χ1) is 21.3. The maximum Gasteiger partial charge on any atom is 0.256 e. The maximum absolute atomic E-state index is 13.9. The van der Waals surface area contributed by atoms with Crippen LogP contribution >= 0.6 is 0 Å². The quantitative estimate of drug-likeness (QED) is 0.132. The number of ketones is 1. The fraction of sp³-hybridized carbons (Fsp3) is 0.205. The molecule has 3 N–H and O–H groups in total. The van der Waals surface area contributed by atoms with Gasteiger partial charge in [0.25, 0.3) is 11.8 Å². The van der Waals surface area contributed by atoms with E-state index in [1.165, 1.54) is 0 Å². The Bertz CT molecular complexity index is 2100. The summed E-state index contributed by atoms with van der Waals surface area (Å²) in [6.07, 6.45) is 0. The number of hydrogen-bond acceptors (Lipinski definition) is 4. The Balaban J connectivity index is 1.36. The highest BCUT2D eigenvalue weighted by Crippen LogP contribution is 2.36. The lowest BCUT2D eigenvalue weighted by atomic mass is 9.86. The monoisotopic (exact) mass is 595 g/mol. The number of anilines is 3. The number of hydrogen-bond donors (Lipinski definition) is 3. The molecule has 6 rings (SSSR count). The van der Waals surface area contributed by atoms with Gasteiger partial charge in [0.05, 0.1) is 0 Å². The molecule has 0 aromatic heterocycles. The van der Waals surface area contributed by atoms with Crippen LogP contribution in [0.3, 0.4) is 0 Å². The van der Waals surface area contributed by atoms with Crippen molar-refractivity contribution < 1.29 is 14.4 Å². The van der Waals surface area contributed by atoms with Gasteiger partial charge in [-0.25, -0.2) is 0 Å². The van der Waals surface area contributed by atoms with Crippen molar-refractivity contribution in [2.45, 2.75) is 47.1 Å². The molecule has 0 unspecified atom stereocenters. The van der Waals surface area contributed by atoms with Crippen molar-refractivity contribution in [2.75, 3.05) is 16.0 Å². The molecule has 6 heteroatoms. The van der Waals surface area contributed by atoms with E-state index in [9.17, 15) is 14.4 Å². The van der Waals surface area contributed by atoms with Crippen LogP contribution in [0.15, 0.2) is 97.1 Å². The van der Waals surface area contributed by atoms with E-state index < -0.39 is 5.41 Å². The van der Waals surface area contributed by atoms with E-state index >= 15 is 0 Å². The molecule has 6 aromatic rings. The van der Waals surface area contributed by atoms with Gasteiger partial charge in [-0.1, -0.05) is 75.4 Å². The van der Waals surface area contributed by atoms with Crippen molar-refractivity contribution in [3.63, 3.8) is 0 Å². The van der Waals surface area contributed by atoms with Gasteiger partial charge in [0, 0.05) is 44.7 Å². The Morgan fingerprint density at radius 1 is 0.533 bits per heavy atom. The lowest BCUT2D eigenvalue weighted by Crippen LogP contribution is -2.26. The zero-order valence-corrected chi connectivity index (χ0v) is 26.5. The molecule has 0 radical (unpaired) electrons. The summed E-state index contributed by atoms with van der Waals surface area (Å²) in [6, 6.07) is 30.5. The van der Waals surface area contributed by atoms with Gasteiger partial charge in [-0.05, 0) is 95.6 Å². The molecule has 6 aromatic carbocycles. The summed E-state index contributed by atoms with van der Waals surface area (Å²) in [5.41, 5.74) is 2.16. The number of rotatable bonds is 6. The number of amides is 2. The van der Waals surface area contributed by atoms with Crippen LogP contribution in [0, 0.1) is 5.41 Å². The summed E-state index contributed by atoms with van der Waals surface area (Å²) >= 11 is 0. The standard InChI is InChI=1S/C39H37N3O3/c1-38(2,3)35(43)26-19-27(36(44)40-28-11-8-12-29(22-28)42-39(4,5)6)21-30(20-26)41-37(45)32-18-16-25-14-13-23-9-7-10-24-15-17-31(32)34(25)33(23)24/h7-22,42H,1-6H3,(H,40,44)(H,41,45). The number of Topliss-reactive ketones (excluding diaryl/α,β-unsaturated/α-hetero) is 1. The van der Waals surface area contributed by atoms with Crippen molar-refractivity contribution >= 4 is 67.0 Å². The summed E-state index contributed by atoms with van der Waals surface area (Å²) in [5, 5.41) is 15.7. The highest BCUT2D eigenvalue weighted by atomic mass is 16.2. The molecule has 0 fully saturated rings. The van der Waals surface area contributed by atoms with Crippen molar-refractivity contribution in [2.24, 2.45) is 5.41 Å². The first kappa shape index (κ1) is 29.8. The molecule has 0 heterocycles. The molecule has 0 aliphatic heterocycles. The minimum atomic E-state index is -0.685. The van der Waals surface area contributed by atoms with Crippen LogP contribution < -0.4 is 16.0 Å². The second-order valence-electron chi connectivity index (χ2n) is 13.7. The lowest BCUT2D eigenvalue weighted by Gasteiger charge is -2.22. The van der Waals surface area contributed by atoms with Crippen molar-refractivity contribution in [1.29, 1.82) is 0 Å². The molecule has 226 valence electrons. The third kappa shape index (κ3) is 6.09. The Morgan fingerprint density at radius 3 is 1.80 bits per heavy atom. The average molecular weight is 596 g/mol. The largest absolute Gasteiger partial charge is 0.380 e. The van der Waals surface area contributed by atoms with Crippen LogP contribution in [-0.4, -0.2) is 23.1 Å². The van der Waals surface area contributed by atoms with Crippen LogP contribution in [0.5, 0.6) is 0 Å². The van der Waals surface area contributed by atoms with Crippen molar-refractivity contribution in [1.82, 2.24) is 0 Å². The fourth-order valence-corrected chi connectivity index (χ4v) is 5.84. The molecule has 0 aliphatic rings. The molecule has 0 aliphatic carbocycles. The number of nitrogens with one attached hydrogen (secondary N) is 3. The highest BCUT2D eigenvalue weighted by Gasteiger charge is 2.25. The zero-order chi connectivity index (χ0) is 32.1. The predicted molar refractivity (Wildman–Crippen MR) is 186 cm³/mol. The van der Waals surface area contributed by atoms with E-state index in [1.54, 1.807) is 18.2 Å². The second-order valence-corrected chi connectivity index (χ2v) is 13.7. The molecular weight excluding hydrogens is 558 g/mol. The van der Waals surface area contributed by atoms with Crippen LogP contribution in [-0.2, 0) is 0 Å². The molecule has 45 heavy (non-hydrogen) atoms. The van der Waals surface area contributed by atoms with Gasteiger partial charge in [0.2, 0.25) is 0 Å². The maximum atomic E-state index is 13.9. The molecule has 0 saturated carbocycles. The number of carbonyl (C=O) groups excluding carboxylic acids is 3. The Labute approximate surface area is 263 Å². The molecule has 0 atom stereocenters. The fourth-order valence-electron chi connectivity index (χ4n) is 5.84.